The molecule has 5 heteroatoms. The molecule has 0 aliphatic heterocycles. The van der Waals surface area contributed by atoms with Gasteiger partial charge >= 0.3 is 5.97 Å². The fourth-order valence-electron chi connectivity index (χ4n) is 2.31. The second kappa shape index (κ2) is 7.05. The molecule has 0 bridgehead atoms. The molecule has 5 nitrogen and oxygen atoms in total. The lowest BCUT2D eigenvalue weighted by atomic mass is 9.85. The minimum absolute atomic E-state index is 0.0497. The summed E-state index contributed by atoms with van der Waals surface area (Å²) in [4.78, 5) is 27.0. The van der Waals surface area contributed by atoms with Crippen LogP contribution >= 0.6 is 0 Å². The molecule has 1 heterocycles. The molecule has 0 unspecified atom stereocenters. The standard InChI is InChI=1S/C18H20N2O3/c1-18(2,11-13-6-4-3-5-7-13)12-20-16(21)15-10-14(17(22)23)8-9-19-15/h3-10H,11-12H2,1-2H3,(H,20,21)(H,22,23). The Labute approximate surface area is 135 Å². The van der Waals surface area contributed by atoms with Crippen molar-refractivity contribution < 1.29 is 14.7 Å². The number of rotatable bonds is 6. The van der Waals surface area contributed by atoms with Crippen molar-refractivity contribution in [1.82, 2.24) is 10.3 Å². The predicted molar refractivity (Wildman–Crippen MR) is 87.5 cm³/mol. The normalized spacial score (nSPS) is 11.0. The zero-order chi connectivity index (χ0) is 16.9. The highest BCUT2D eigenvalue weighted by Crippen LogP contribution is 2.20. The van der Waals surface area contributed by atoms with Crippen molar-refractivity contribution >= 4 is 11.9 Å². The van der Waals surface area contributed by atoms with Gasteiger partial charge in [-0.15, -0.1) is 0 Å². The molecule has 23 heavy (non-hydrogen) atoms. The number of aromatic nitrogens is 1. The van der Waals surface area contributed by atoms with Gasteiger partial charge in [-0.2, -0.15) is 0 Å². The van der Waals surface area contributed by atoms with Gasteiger partial charge in [-0.3, -0.25) is 9.78 Å². The lowest BCUT2D eigenvalue weighted by Gasteiger charge is -2.25. The zero-order valence-corrected chi connectivity index (χ0v) is 13.2. The highest BCUT2D eigenvalue weighted by molar-refractivity contribution is 5.95. The third kappa shape index (κ3) is 4.92. The molecule has 1 aromatic heterocycles. The Kier molecular flexibility index (Phi) is 5.11. The summed E-state index contributed by atoms with van der Waals surface area (Å²) in [5.41, 5.74) is 1.24. The van der Waals surface area contributed by atoms with E-state index in [-0.39, 0.29) is 22.6 Å². The summed E-state index contributed by atoms with van der Waals surface area (Å²) < 4.78 is 0. The number of carboxylic acid groups (broad SMARTS) is 1. The Balaban J connectivity index is 1.98. The summed E-state index contributed by atoms with van der Waals surface area (Å²) in [6.07, 6.45) is 2.16. The van der Waals surface area contributed by atoms with Crippen LogP contribution in [-0.4, -0.2) is 28.5 Å². The molecular formula is C18H20N2O3. The number of hydrogen-bond donors (Lipinski definition) is 2. The van der Waals surface area contributed by atoms with Crippen molar-refractivity contribution in [3.8, 4) is 0 Å². The van der Waals surface area contributed by atoms with Gasteiger partial charge in [-0.05, 0) is 29.5 Å². The van der Waals surface area contributed by atoms with Crippen molar-refractivity contribution in [2.75, 3.05) is 6.54 Å². The number of hydrogen-bond acceptors (Lipinski definition) is 3. The van der Waals surface area contributed by atoms with Gasteiger partial charge in [-0.1, -0.05) is 44.2 Å². The van der Waals surface area contributed by atoms with E-state index in [4.69, 9.17) is 5.11 Å². The van der Waals surface area contributed by atoms with E-state index in [0.717, 1.165) is 6.42 Å². The monoisotopic (exact) mass is 312 g/mol. The van der Waals surface area contributed by atoms with Crippen LogP contribution in [0.5, 0.6) is 0 Å². The largest absolute Gasteiger partial charge is 0.478 e. The topological polar surface area (TPSA) is 79.3 Å². The van der Waals surface area contributed by atoms with Crippen LogP contribution in [0.3, 0.4) is 0 Å². The number of carboxylic acids is 1. The van der Waals surface area contributed by atoms with Gasteiger partial charge in [0.15, 0.2) is 0 Å². The summed E-state index contributed by atoms with van der Waals surface area (Å²) in [6.45, 7) is 4.61. The SMILES string of the molecule is CC(C)(CNC(=O)c1cc(C(=O)O)ccn1)Cc1ccccc1. The Bertz CT molecular complexity index is 696. The predicted octanol–water partition coefficient (Wildman–Crippen LogP) is 2.78. The third-order valence-corrected chi connectivity index (χ3v) is 3.49. The van der Waals surface area contributed by atoms with Crippen LogP contribution in [0.4, 0.5) is 0 Å². The van der Waals surface area contributed by atoms with Gasteiger partial charge < -0.3 is 10.4 Å². The smallest absolute Gasteiger partial charge is 0.335 e. The lowest BCUT2D eigenvalue weighted by Crippen LogP contribution is -2.35. The van der Waals surface area contributed by atoms with Crippen LogP contribution in [-0.2, 0) is 6.42 Å². The molecule has 0 aliphatic carbocycles. The summed E-state index contributed by atoms with van der Waals surface area (Å²) >= 11 is 0. The molecular weight excluding hydrogens is 292 g/mol. The van der Waals surface area contributed by atoms with Gasteiger partial charge in [0, 0.05) is 12.7 Å². The lowest BCUT2D eigenvalue weighted by molar-refractivity contribution is 0.0696. The third-order valence-electron chi connectivity index (χ3n) is 3.49. The number of carbonyl (C=O) groups is 2. The van der Waals surface area contributed by atoms with E-state index in [2.05, 4.69) is 36.3 Å². The van der Waals surface area contributed by atoms with Crippen molar-refractivity contribution in [3.63, 3.8) is 0 Å². The maximum atomic E-state index is 12.2. The van der Waals surface area contributed by atoms with Crippen molar-refractivity contribution in [2.45, 2.75) is 20.3 Å². The molecule has 0 fully saturated rings. The Morgan fingerprint density at radius 1 is 1.17 bits per heavy atom. The van der Waals surface area contributed by atoms with Crippen LogP contribution in [0, 0.1) is 5.41 Å². The molecule has 2 aromatic rings. The Morgan fingerprint density at radius 2 is 1.87 bits per heavy atom. The number of carbonyl (C=O) groups excluding carboxylic acids is 1. The van der Waals surface area contributed by atoms with E-state index in [0.29, 0.717) is 6.54 Å². The summed E-state index contributed by atoms with van der Waals surface area (Å²) in [5, 5.41) is 11.8. The summed E-state index contributed by atoms with van der Waals surface area (Å²) in [6, 6.07) is 12.7. The van der Waals surface area contributed by atoms with E-state index >= 15 is 0 Å². The Morgan fingerprint density at radius 3 is 2.52 bits per heavy atom. The molecule has 1 amide bonds. The second-order valence-electron chi connectivity index (χ2n) is 6.24. The highest BCUT2D eigenvalue weighted by atomic mass is 16.4. The fourth-order valence-corrected chi connectivity index (χ4v) is 2.31. The van der Waals surface area contributed by atoms with Gasteiger partial charge in [-0.25, -0.2) is 4.79 Å². The molecule has 2 rings (SSSR count). The number of aromatic carboxylic acids is 1. The molecule has 0 atom stereocenters. The summed E-state index contributed by atoms with van der Waals surface area (Å²) in [7, 11) is 0. The number of amides is 1. The zero-order valence-electron chi connectivity index (χ0n) is 13.2. The maximum absolute atomic E-state index is 12.2. The first-order valence-electron chi connectivity index (χ1n) is 7.39. The average molecular weight is 312 g/mol. The number of benzene rings is 1. The van der Waals surface area contributed by atoms with Crippen LogP contribution in [0.2, 0.25) is 0 Å². The number of nitrogens with zero attached hydrogens (tertiary/aromatic N) is 1. The van der Waals surface area contributed by atoms with Gasteiger partial charge in [0.2, 0.25) is 0 Å². The number of nitrogens with one attached hydrogen (secondary N) is 1. The second-order valence-corrected chi connectivity index (χ2v) is 6.24. The minimum Gasteiger partial charge on any atom is -0.478 e. The van der Waals surface area contributed by atoms with E-state index < -0.39 is 5.97 Å². The summed E-state index contributed by atoms with van der Waals surface area (Å²) in [5.74, 6) is -1.44. The molecule has 2 N–H and O–H groups in total. The van der Waals surface area contributed by atoms with Crippen LogP contribution in [0.25, 0.3) is 0 Å². The molecule has 0 spiro atoms. The quantitative estimate of drug-likeness (QED) is 0.859. The molecule has 0 radical (unpaired) electrons. The average Bonchev–Trinajstić information content (AvgIpc) is 2.53. The van der Waals surface area contributed by atoms with Gasteiger partial charge in [0.1, 0.15) is 5.69 Å². The van der Waals surface area contributed by atoms with Crippen molar-refractivity contribution in [3.05, 3.63) is 65.5 Å². The first kappa shape index (κ1) is 16.7. The fraction of sp³-hybridized carbons (Fsp3) is 0.278. The van der Waals surface area contributed by atoms with Gasteiger partial charge in [0.25, 0.3) is 5.91 Å². The maximum Gasteiger partial charge on any atom is 0.335 e. The first-order chi connectivity index (χ1) is 10.9. The van der Waals surface area contributed by atoms with Crippen molar-refractivity contribution in [2.24, 2.45) is 5.41 Å². The van der Waals surface area contributed by atoms with Crippen LogP contribution in [0.15, 0.2) is 48.7 Å². The van der Waals surface area contributed by atoms with E-state index in [1.807, 2.05) is 18.2 Å². The molecule has 0 saturated carbocycles. The van der Waals surface area contributed by atoms with Crippen LogP contribution < -0.4 is 5.32 Å². The van der Waals surface area contributed by atoms with E-state index in [1.54, 1.807) is 0 Å². The number of pyridine rings is 1. The minimum atomic E-state index is -1.08. The van der Waals surface area contributed by atoms with E-state index in [1.165, 1.54) is 23.9 Å². The van der Waals surface area contributed by atoms with E-state index in [9.17, 15) is 9.59 Å². The van der Waals surface area contributed by atoms with Gasteiger partial charge in [0.05, 0.1) is 5.56 Å². The molecule has 120 valence electrons. The highest BCUT2D eigenvalue weighted by Gasteiger charge is 2.20. The Hall–Kier alpha value is -2.69. The first-order valence-corrected chi connectivity index (χ1v) is 7.39. The molecule has 1 aromatic carbocycles. The van der Waals surface area contributed by atoms with Crippen molar-refractivity contribution in [1.29, 1.82) is 0 Å². The molecule has 0 aliphatic rings. The molecule has 0 saturated heterocycles. The van der Waals surface area contributed by atoms with Crippen LogP contribution in [0.1, 0.15) is 40.3 Å².